The molecule has 0 aromatic carbocycles. The summed E-state index contributed by atoms with van der Waals surface area (Å²) in [6.45, 7) is 7.62. The highest BCUT2D eigenvalue weighted by Crippen LogP contribution is 2.26. The fourth-order valence-electron chi connectivity index (χ4n) is 2.21. The van der Waals surface area contributed by atoms with Gasteiger partial charge in [-0.25, -0.2) is 0 Å². The normalized spacial score (nSPS) is 33.6. The van der Waals surface area contributed by atoms with Gasteiger partial charge in [-0.15, -0.1) is 0 Å². The molecule has 2 aliphatic heterocycles. The van der Waals surface area contributed by atoms with Crippen LogP contribution in [0.2, 0.25) is 0 Å². The summed E-state index contributed by atoms with van der Waals surface area (Å²) >= 11 is 0. The van der Waals surface area contributed by atoms with Gasteiger partial charge in [0.05, 0.1) is 12.2 Å². The molecule has 0 saturated carbocycles. The van der Waals surface area contributed by atoms with Gasteiger partial charge < -0.3 is 10.5 Å². The second-order valence-corrected chi connectivity index (χ2v) is 4.11. The van der Waals surface area contributed by atoms with E-state index in [-0.39, 0.29) is 0 Å². The lowest BCUT2D eigenvalue weighted by molar-refractivity contribution is -0.0351. The van der Waals surface area contributed by atoms with E-state index < -0.39 is 0 Å². The molecule has 2 aliphatic rings. The molecule has 0 aliphatic carbocycles. The number of likely N-dealkylation sites (tertiary alicyclic amines) is 1. The number of hydrogen-bond donors (Lipinski definition) is 1. The molecule has 0 spiro atoms. The molecule has 0 aromatic heterocycles. The minimum atomic E-state index is 0.476. The number of nitrogens with zero attached hydrogens (tertiary/aromatic N) is 1. The molecule has 2 fully saturated rings. The van der Waals surface area contributed by atoms with Gasteiger partial charge in [-0.1, -0.05) is 6.58 Å². The Labute approximate surface area is 79.5 Å². The van der Waals surface area contributed by atoms with E-state index in [1.54, 1.807) is 0 Å². The van der Waals surface area contributed by atoms with Crippen LogP contribution in [0, 0.1) is 0 Å². The smallest absolute Gasteiger partial charge is 0.0707 e. The van der Waals surface area contributed by atoms with Crippen LogP contribution in [0.15, 0.2) is 12.2 Å². The van der Waals surface area contributed by atoms with Gasteiger partial charge in [0.1, 0.15) is 0 Å². The molecule has 3 nitrogen and oxygen atoms in total. The van der Waals surface area contributed by atoms with Gasteiger partial charge >= 0.3 is 0 Å². The molecule has 2 heterocycles. The topological polar surface area (TPSA) is 38.5 Å². The van der Waals surface area contributed by atoms with Gasteiger partial charge in [-0.05, 0) is 18.4 Å². The summed E-state index contributed by atoms with van der Waals surface area (Å²) in [5.74, 6) is 0. The molecule has 2 saturated heterocycles. The third kappa shape index (κ3) is 2.10. The van der Waals surface area contributed by atoms with E-state index in [1.165, 1.54) is 12.8 Å². The predicted molar refractivity (Wildman–Crippen MR) is 52.5 cm³/mol. The Balaban J connectivity index is 1.85. The van der Waals surface area contributed by atoms with Crippen LogP contribution in [0.1, 0.15) is 12.8 Å². The summed E-state index contributed by atoms with van der Waals surface area (Å²) in [6.07, 6.45) is 3.42. The molecule has 2 bridgehead atoms. The van der Waals surface area contributed by atoms with Crippen molar-refractivity contribution in [1.29, 1.82) is 0 Å². The van der Waals surface area contributed by atoms with Crippen molar-refractivity contribution in [3.63, 3.8) is 0 Å². The quantitative estimate of drug-likeness (QED) is 0.641. The van der Waals surface area contributed by atoms with E-state index >= 15 is 0 Å². The van der Waals surface area contributed by atoms with Gasteiger partial charge in [0.25, 0.3) is 0 Å². The zero-order chi connectivity index (χ0) is 9.26. The van der Waals surface area contributed by atoms with Crippen molar-refractivity contribution in [2.24, 2.45) is 5.73 Å². The van der Waals surface area contributed by atoms with Gasteiger partial charge in [0, 0.05) is 26.2 Å². The standard InChI is InChI=1S/C10H18N2O/c1-8(4-11)5-12-6-9-2-3-10(7-12)13-9/h9-10H,1-7,11H2. The fraction of sp³-hybridized carbons (Fsp3) is 0.800. The zero-order valence-electron chi connectivity index (χ0n) is 8.04. The number of nitrogens with two attached hydrogens (primary N) is 1. The van der Waals surface area contributed by atoms with Gasteiger partial charge in [-0.2, -0.15) is 0 Å². The minimum absolute atomic E-state index is 0.476. The molecule has 0 amide bonds. The molecule has 0 radical (unpaired) electrons. The number of ether oxygens (including phenoxy) is 1. The molecule has 2 rings (SSSR count). The minimum Gasteiger partial charge on any atom is -0.372 e. The average Bonchev–Trinajstić information content (AvgIpc) is 2.46. The van der Waals surface area contributed by atoms with Crippen LogP contribution in [0.5, 0.6) is 0 Å². The first kappa shape index (κ1) is 9.19. The summed E-state index contributed by atoms with van der Waals surface area (Å²) < 4.78 is 5.74. The first-order valence-electron chi connectivity index (χ1n) is 5.02. The van der Waals surface area contributed by atoms with Crippen LogP contribution in [0.4, 0.5) is 0 Å². The van der Waals surface area contributed by atoms with Crippen LogP contribution < -0.4 is 5.73 Å². The van der Waals surface area contributed by atoms with Crippen LogP contribution in [-0.2, 0) is 4.74 Å². The molecule has 2 unspecified atom stereocenters. The molecule has 0 aromatic rings. The zero-order valence-corrected chi connectivity index (χ0v) is 8.04. The molecular formula is C10H18N2O. The molecule has 74 valence electrons. The lowest BCUT2D eigenvalue weighted by Crippen LogP contribution is -2.43. The Hall–Kier alpha value is -0.380. The Kier molecular flexibility index (Phi) is 2.67. The maximum Gasteiger partial charge on any atom is 0.0707 e. The van der Waals surface area contributed by atoms with Crippen molar-refractivity contribution in [2.45, 2.75) is 25.0 Å². The monoisotopic (exact) mass is 182 g/mol. The fourth-order valence-corrected chi connectivity index (χ4v) is 2.21. The van der Waals surface area contributed by atoms with Gasteiger partial charge in [0.2, 0.25) is 0 Å². The highest BCUT2D eigenvalue weighted by Gasteiger charge is 2.33. The lowest BCUT2D eigenvalue weighted by atomic mass is 10.2. The van der Waals surface area contributed by atoms with E-state index in [0.29, 0.717) is 18.8 Å². The number of hydrogen-bond acceptors (Lipinski definition) is 3. The third-order valence-corrected chi connectivity index (χ3v) is 2.86. The number of morpholine rings is 1. The number of rotatable bonds is 3. The first-order valence-corrected chi connectivity index (χ1v) is 5.02. The summed E-state index contributed by atoms with van der Waals surface area (Å²) in [5, 5.41) is 0. The Bertz CT molecular complexity index is 193. The van der Waals surface area contributed by atoms with Crippen LogP contribution in [0.3, 0.4) is 0 Å². The maximum atomic E-state index is 5.74. The van der Waals surface area contributed by atoms with Gasteiger partial charge in [-0.3, -0.25) is 4.90 Å². The molecular weight excluding hydrogens is 164 g/mol. The van der Waals surface area contributed by atoms with Crippen molar-refractivity contribution in [3.8, 4) is 0 Å². The highest BCUT2D eigenvalue weighted by molar-refractivity contribution is 5.00. The van der Waals surface area contributed by atoms with E-state index in [4.69, 9.17) is 10.5 Å². The maximum absolute atomic E-state index is 5.74. The van der Waals surface area contributed by atoms with Crippen molar-refractivity contribution in [3.05, 3.63) is 12.2 Å². The lowest BCUT2D eigenvalue weighted by Gasteiger charge is -2.32. The summed E-state index contributed by atoms with van der Waals surface area (Å²) in [7, 11) is 0. The summed E-state index contributed by atoms with van der Waals surface area (Å²) in [6, 6.07) is 0. The first-order chi connectivity index (χ1) is 6.28. The van der Waals surface area contributed by atoms with Crippen molar-refractivity contribution < 1.29 is 4.74 Å². The Morgan fingerprint density at radius 1 is 1.38 bits per heavy atom. The molecule has 2 N–H and O–H groups in total. The second-order valence-electron chi connectivity index (χ2n) is 4.11. The average molecular weight is 182 g/mol. The number of fused-ring (bicyclic) bond motifs is 2. The van der Waals surface area contributed by atoms with Crippen molar-refractivity contribution in [1.82, 2.24) is 4.90 Å². The van der Waals surface area contributed by atoms with Crippen molar-refractivity contribution >= 4 is 0 Å². The summed E-state index contributed by atoms with van der Waals surface area (Å²) in [4.78, 5) is 2.42. The third-order valence-electron chi connectivity index (χ3n) is 2.86. The molecule has 3 heteroatoms. The van der Waals surface area contributed by atoms with E-state index in [0.717, 1.165) is 25.2 Å². The van der Waals surface area contributed by atoms with E-state index in [9.17, 15) is 0 Å². The summed E-state index contributed by atoms with van der Waals surface area (Å²) in [5.41, 5.74) is 6.64. The van der Waals surface area contributed by atoms with Crippen molar-refractivity contribution in [2.75, 3.05) is 26.2 Å². The second kappa shape index (κ2) is 3.78. The predicted octanol–water partition coefficient (Wildman–Crippen LogP) is 0.365. The van der Waals surface area contributed by atoms with Crippen LogP contribution in [-0.4, -0.2) is 43.3 Å². The SMILES string of the molecule is C=C(CN)CN1CC2CCC(C1)O2. The van der Waals surface area contributed by atoms with E-state index in [2.05, 4.69) is 11.5 Å². The largest absolute Gasteiger partial charge is 0.372 e. The van der Waals surface area contributed by atoms with E-state index in [1.807, 2.05) is 0 Å². The molecule has 2 atom stereocenters. The van der Waals surface area contributed by atoms with Crippen LogP contribution in [0.25, 0.3) is 0 Å². The van der Waals surface area contributed by atoms with Crippen LogP contribution >= 0.6 is 0 Å². The van der Waals surface area contributed by atoms with Gasteiger partial charge in [0.15, 0.2) is 0 Å². The Morgan fingerprint density at radius 2 is 2.00 bits per heavy atom. The molecule has 13 heavy (non-hydrogen) atoms. The Morgan fingerprint density at radius 3 is 2.54 bits per heavy atom. The highest BCUT2D eigenvalue weighted by atomic mass is 16.5.